The lowest BCUT2D eigenvalue weighted by atomic mass is 10.1. The van der Waals surface area contributed by atoms with Crippen LogP contribution < -0.4 is 15.2 Å². The molecule has 22 heavy (non-hydrogen) atoms. The highest BCUT2D eigenvalue weighted by atomic mass is 35.5. The van der Waals surface area contributed by atoms with E-state index in [0.717, 1.165) is 18.4 Å². The third kappa shape index (κ3) is 4.65. The monoisotopic (exact) mass is 319 g/mol. The van der Waals surface area contributed by atoms with Gasteiger partial charge in [0.25, 0.3) is 0 Å². The van der Waals surface area contributed by atoms with E-state index in [1.807, 2.05) is 37.3 Å². The van der Waals surface area contributed by atoms with Crippen molar-refractivity contribution in [2.45, 2.75) is 26.3 Å². The maximum atomic E-state index is 6.28. The van der Waals surface area contributed by atoms with Crippen LogP contribution in [0.5, 0.6) is 11.5 Å². The molecule has 118 valence electrons. The number of halogens is 1. The molecule has 0 radical (unpaired) electrons. The van der Waals surface area contributed by atoms with Gasteiger partial charge in [-0.25, -0.2) is 0 Å². The van der Waals surface area contributed by atoms with Crippen molar-refractivity contribution in [2.24, 2.45) is 5.73 Å². The van der Waals surface area contributed by atoms with Crippen LogP contribution in [-0.4, -0.2) is 13.2 Å². The summed E-state index contributed by atoms with van der Waals surface area (Å²) < 4.78 is 11.5. The fraction of sp³-hybridized carbons (Fsp3) is 0.333. The van der Waals surface area contributed by atoms with Crippen molar-refractivity contribution in [3.8, 4) is 11.5 Å². The minimum Gasteiger partial charge on any atom is -0.490 e. The Morgan fingerprint density at radius 1 is 1.05 bits per heavy atom. The van der Waals surface area contributed by atoms with E-state index in [1.165, 1.54) is 5.56 Å². The first-order valence-electron chi connectivity index (χ1n) is 7.56. The summed E-state index contributed by atoms with van der Waals surface area (Å²) >= 11 is 6.28. The Labute approximate surface area is 137 Å². The van der Waals surface area contributed by atoms with Gasteiger partial charge in [-0.15, -0.1) is 0 Å². The van der Waals surface area contributed by atoms with Gasteiger partial charge in [-0.05, 0) is 43.0 Å². The summed E-state index contributed by atoms with van der Waals surface area (Å²) in [6.45, 7) is 3.51. The Kier molecular flexibility index (Phi) is 6.56. The van der Waals surface area contributed by atoms with Crippen LogP contribution in [0, 0.1) is 0 Å². The molecule has 0 fully saturated rings. The molecule has 0 saturated carbocycles. The normalized spacial score (nSPS) is 10.5. The van der Waals surface area contributed by atoms with Crippen molar-refractivity contribution in [3.05, 3.63) is 58.6 Å². The second-order valence-corrected chi connectivity index (χ2v) is 5.39. The van der Waals surface area contributed by atoms with Gasteiger partial charge in [0.05, 0.1) is 18.2 Å². The molecular weight excluding hydrogens is 298 g/mol. The van der Waals surface area contributed by atoms with Gasteiger partial charge in [-0.3, -0.25) is 0 Å². The highest BCUT2D eigenvalue weighted by Gasteiger charge is 2.12. The quantitative estimate of drug-likeness (QED) is 0.741. The number of hydrogen-bond donors (Lipinski definition) is 1. The van der Waals surface area contributed by atoms with Gasteiger partial charge in [0, 0.05) is 6.54 Å². The van der Waals surface area contributed by atoms with Crippen LogP contribution in [0.2, 0.25) is 5.02 Å². The Morgan fingerprint density at radius 3 is 2.50 bits per heavy atom. The van der Waals surface area contributed by atoms with Crippen LogP contribution in [0.1, 0.15) is 24.5 Å². The Hall–Kier alpha value is -1.71. The van der Waals surface area contributed by atoms with Crippen LogP contribution in [0.25, 0.3) is 0 Å². The molecule has 2 N–H and O–H groups in total. The summed E-state index contributed by atoms with van der Waals surface area (Å²) in [6.07, 6.45) is 1.90. The van der Waals surface area contributed by atoms with Crippen LogP contribution in [0.15, 0.2) is 42.5 Å². The minimum absolute atomic E-state index is 0.425. The molecule has 2 rings (SSSR count). The largest absolute Gasteiger partial charge is 0.490 e. The number of nitrogens with two attached hydrogens (primary N) is 1. The standard InChI is InChI=1S/C18H22ClNO2/c1-2-21-17-12-15(13-20)11-16(19)18(17)22-10-6-9-14-7-4-3-5-8-14/h3-5,7-8,11-12H,2,6,9-10,13,20H2,1H3. The lowest BCUT2D eigenvalue weighted by Gasteiger charge is -2.15. The zero-order chi connectivity index (χ0) is 15.8. The first-order chi connectivity index (χ1) is 10.7. The molecule has 2 aromatic rings. The number of benzene rings is 2. The van der Waals surface area contributed by atoms with E-state index in [1.54, 1.807) is 0 Å². The molecule has 3 nitrogen and oxygen atoms in total. The molecule has 4 heteroatoms. The molecule has 2 aromatic carbocycles. The molecule has 0 aromatic heterocycles. The van der Waals surface area contributed by atoms with E-state index in [-0.39, 0.29) is 0 Å². The number of rotatable bonds is 8. The Bertz CT molecular complexity index is 587. The lowest BCUT2D eigenvalue weighted by molar-refractivity contribution is 0.273. The minimum atomic E-state index is 0.425. The van der Waals surface area contributed by atoms with Gasteiger partial charge in [0.1, 0.15) is 0 Å². The summed E-state index contributed by atoms with van der Waals surface area (Å²) in [7, 11) is 0. The molecule has 0 aliphatic heterocycles. The summed E-state index contributed by atoms with van der Waals surface area (Å²) in [5.74, 6) is 1.27. The van der Waals surface area contributed by atoms with Gasteiger partial charge >= 0.3 is 0 Å². The van der Waals surface area contributed by atoms with E-state index >= 15 is 0 Å². The summed E-state index contributed by atoms with van der Waals surface area (Å²) in [5, 5.41) is 0.547. The summed E-state index contributed by atoms with van der Waals surface area (Å²) in [5.41, 5.74) is 7.91. The first kappa shape index (κ1) is 16.7. The van der Waals surface area contributed by atoms with E-state index in [0.29, 0.717) is 36.3 Å². The molecule has 0 atom stereocenters. The highest BCUT2D eigenvalue weighted by molar-refractivity contribution is 6.32. The molecular formula is C18H22ClNO2. The fourth-order valence-electron chi connectivity index (χ4n) is 2.24. The van der Waals surface area contributed by atoms with Crippen LogP contribution >= 0.6 is 11.6 Å². The first-order valence-corrected chi connectivity index (χ1v) is 7.94. The number of aryl methyl sites for hydroxylation is 1. The van der Waals surface area contributed by atoms with Gasteiger partial charge in [0.2, 0.25) is 0 Å². The van der Waals surface area contributed by atoms with Gasteiger partial charge in [-0.2, -0.15) is 0 Å². The molecule has 0 bridgehead atoms. The average molecular weight is 320 g/mol. The third-order valence-electron chi connectivity index (χ3n) is 3.30. The van der Waals surface area contributed by atoms with E-state index in [4.69, 9.17) is 26.8 Å². The lowest BCUT2D eigenvalue weighted by Crippen LogP contribution is -2.05. The smallest absolute Gasteiger partial charge is 0.179 e. The molecule has 0 aliphatic rings. The molecule has 0 aliphatic carbocycles. The van der Waals surface area contributed by atoms with Gasteiger partial charge in [0.15, 0.2) is 11.5 Å². The van der Waals surface area contributed by atoms with Crippen molar-refractivity contribution in [3.63, 3.8) is 0 Å². The zero-order valence-electron chi connectivity index (χ0n) is 12.8. The van der Waals surface area contributed by atoms with E-state index < -0.39 is 0 Å². The Morgan fingerprint density at radius 2 is 1.82 bits per heavy atom. The molecule has 0 amide bonds. The SMILES string of the molecule is CCOc1cc(CN)cc(Cl)c1OCCCc1ccccc1. The van der Waals surface area contributed by atoms with Crippen molar-refractivity contribution in [1.82, 2.24) is 0 Å². The Balaban J connectivity index is 1.96. The number of ether oxygens (including phenoxy) is 2. The van der Waals surface area contributed by atoms with Crippen molar-refractivity contribution < 1.29 is 9.47 Å². The van der Waals surface area contributed by atoms with E-state index in [2.05, 4.69) is 12.1 Å². The summed E-state index contributed by atoms with van der Waals surface area (Å²) in [4.78, 5) is 0. The maximum absolute atomic E-state index is 6.28. The molecule has 0 saturated heterocycles. The topological polar surface area (TPSA) is 44.5 Å². The molecule has 0 heterocycles. The predicted octanol–water partition coefficient (Wildman–Crippen LogP) is 4.21. The van der Waals surface area contributed by atoms with Gasteiger partial charge in [-0.1, -0.05) is 41.9 Å². The van der Waals surface area contributed by atoms with E-state index in [9.17, 15) is 0 Å². The average Bonchev–Trinajstić information content (AvgIpc) is 2.54. The fourth-order valence-corrected chi connectivity index (χ4v) is 2.53. The van der Waals surface area contributed by atoms with Crippen LogP contribution in [0.3, 0.4) is 0 Å². The second-order valence-electron chi connectivity index (χ2n) is 4.98. The van der Waals surface area contributed by atoms with Gasteiger partial charge < -0.3 is 15.2 Å². The number of hydrogen-bond acceptors (Lipinski definition) is 3. The third-order valence-corrected chi connectivity index (χ3v) is 3.58. The zero-order valence-corrected chi connectivity index (χ0v) is 13.6. The highest BCUT2D eigenvalue weighted by Crippen LogP contribution is 2.36. The second kappa shape index (κ2) is 8.66. The van der Waals surface area contributed by atoms with Crippen LogP contribution in [-0.2, 0) is 13.0 Å². The van der Waals surface area contributed by atoms with Crippen molar-refractivity contribution >= 4 is 11.6 Å². The summed E-state index contributed by atoms with van der Waals surface area (Å²) in [6, 6.07) is 14.1. The van der Waals surface area contributed by atoms with Crippen molar-refractivity contribution in [1.29, 1.82) is 0 Å². The molecule has 0 unspecified atom stereocenters. The van der Waals surface area contributed by atoms with Crippen molar-refractivity contribution in [2.75, 3.05) is 13.2 Å². The molecule has 0 spiro atoms. The maximum Gasteiger partial charge on any atom is 0.179 e. The predicted molar refractivity (Wildman–Crippen MR) is 90.8 cm³/mol. The van der Waals surface area contributed by atoms with Crippen LogP contribution in [0.4, 0.5) is 0 Å².